The Morgan fingerprint density at radius 3 is 2.42 bits per heavy atom. The summed E-state index contributed by atoms with van der Waals surface area (Å²) in [5, 5.41) is 11.8. The highest BCUT2D eigenvalue weighted by Crippen LogP contribution is 2.58. The lowest BCUT2D eigenvalue weighted by Crippen LogP contribution is -2.64. The zero-order valence-corrected chi connectivity index (χ0v) is 19.8. The van der Waals surface area contributed by atoms with E-state index in [4.69, 9.17) is 4.74 Å². The number of hydrogen-bond acceptors (Lipinski definition) is 5. The van der Waals surface area contributed by atoms with E-state index in [0.717, 1.165) is 24.0 Å². The van der Waals surface area contributed by atoms with Crippen LogP contribution in [0.15, 0.2) is 59.5 Å². The van der Waals surface area contributed by atoms with E-state index >= 15 is 0 Å². The van der Waals surface area contributed by atoms with Crippen LogP contribution in [-0.2, 0) is 19.6 Å². The topological polar surface area (TPSA) is 83.9 Å². The molecule has 7 heteroatoms. The van der Waals surface area contributed by atoms with Gasteiger partial charge in [-0.2, -0.15) is 4.31 Å². The summed E-state index contributed by atoms with van der Waals surface area (Å²) >= 11 is 0. The van der Waals surface area contributed by atoms with E-state index in [1.807, 2.05) is 37.3 Å². The molecule has 1 N–H and O–H groups in total. The van der Waals surface area contributed by atoms with Crippen molar-refractivity contribution in [3.8, 4) is 0 Å². The summed E-state index contributed by atoms with van der Waals surface area (Å²) in [6, 6.07) is 15.9. The van der Waals surface area contributed by atoms with Crippen LogP contribution in [-0.4, -0.2) is 42.0 Å². The van der Waals surface area contributed by atoms with Gasteiger partial charge in [0.15, 0.2) is 0 Å². The van der Waals surface area contributed by atoms with Gasteiger partial charge in [0.05, 0.1) is 23.1 Å². The van der Waals surface area contributed by atoms with Crippen molar-refractivity contribution in [3.63, 3.8) is 0 Å². The molecule has 0 spiro atoms. The minimum absolute atomic E-state index is 0.0422. The highest BCUT2D eigenvalue weighted by Gasteiger charge is 2.64. The van der Waals surface area contributed by atoms with Crippen LogP contribution in [0.25, 0.3) is 0 Å². The number of fused-ring (bicyclic) bond motifs is 1. The summed E-state index contributed by atoms with van der Waals surface area (Å²) < 4.78 is 36.1. The van der Waals surface area contributed by atoms with Gasteiger partial charge in [-0.05, 0) is 43.9 Å². The Morgan fingerprint density at radius 1 is 1.00 bits per heavy atom. The van der Waals surface area contributed by atoms with Gasteiger partial charge in [-0.25, -0.2) is 8.42 Å². The summed E-state index contributed by atoms with van der Waals surface area (Å²) in [6.45, 7) is 2.14. The van der Waals surface area contributed by atoms with Crippen molar-refractivity contribution in [2.75, 3.05) is 6.61 Å². The minimum Gasteiger partial charge on any atom is -0.389 e. The molecule has 0 aromatic heterocycles. The summed E-state index contributed by atoms with van der Waals surface area (Å²) in [5.74, 6) is 0.0422. The Balaban J connectivity index is 1.65. The summed E-state index contributed by atoms with van der Waals surface area (Å²) in [7, 11) is -3.94. The molecule has 2 saturated carbocycles. The molecule has 3 fully saturated rings. The van der Waals surface area contributed by atoms with E-state index in [-0.39, 0.29) is 23.7 Å². The third-order valence-electron chi connectivity index (χ3n) is 7.93. The van der Waals surface area contributed by atoms with Crippen molar-refractivity contribution >= 4 is 15.8 Å². The zero-order valence-electron chi connectivity index (χ0n) is 18.9. The Morgan fingerprint density at radius 2 is 1.70 bits per heavy atom. The number of nitrogens with zero attached hydrogens (tertiary/aromatic N) is 1. The minimum atomic E-state index is -3.94. The average Bonchev–Trinajstić information content (AvgIpc) is 3.26. The molecule has 2 aromatic carbocycles. The zero-order chi connectivity index (χ0) is 23.3. The maximum absolute atomic E-state index is 14.1. The SMILES string of the molecule is Cc1ccc(S(=O)(=O)N2[C@H](c3ccccc3)CO[C@@H]2[C@]23CCCC[C@@]2(O)CC(=O)CC3)cc1. The van der Waals surface area contributed by atoms with Gasteiger partial charge in [0.1, 0.15) is 12.0 Å². The van der Waals surface area contributed by atoms with Gasteiger partial charge < -0.3 is 9.84 Å². The predicted molar refractivity (Wildman–Crippen MR) is 124 cm³/mol. The van der Waals surface area contributed by atoms with Gasteiger partial charge in [-0.3, -0.25) is 4.79 Å². The first-order valence-corrected chi connectivity index (χ1v) is 13.2. The molecule has 5 rings (SSSR count). The van der Waals surface area contributed by atoms with Crippen molar-refractivity contribution < 1.29 is 23.1 Å². The van der Waals surface area contributed by atoms with Crippen LogP contribution in [0.1, 0.15) is 62.1 Å². The van der Waals surface area contributed by atoms with Gasteiger partial charge in [0.25, 0.3) is 0 Å². The molecule has 0 radical (unpaired) electrons. The summed E-state index contributed by atoms with van der Waals surface area (Å²) in [6.07, 6.45) is 2.87. The fourth-order valence-electron chi connectivity index (χ4n) is 6.16. The predicted octanol–water partition coefficient (Wildman–Crippen LogP) is 4.13. The van der Waals surface area contributed by atoms with Gasteiger partial charge in [-0.15, -0.1) is 0 Å². The van der Waals surface area contributed by atoms with E-state index in [9.17, 15) is 18.3 Å². The molecule has 176 valence electrons. The molecule has 0 bridgehead atoms. The highest BCUT2D eigenvalue weighted by atomic mass is 32.2. The molecule has 1 aliphatic heterocycles. The number of ketones is 1. The highest BCUT2D eigenvalue weighted by molar-refractivity contribution is 7.89. The Labute approximate surface area is 195 Å². The summed E-state index contributed by atoms with van der Waals surface area (Å²) in [5.41, 5.74) is -0.217. The molecule has 2 aromatic rings. The Bertz CT molecular complexity index is 1130. The number of carbonyl (C=O) groups excluding carboxylic acids is 1. The van der Waals surface area contributed by atoms with Gasteiger partial charge in [0.2, 0.25) is 10.0 Å². The molecule has 4 atom stereocenters. The molecular weight excluding hydrogens is 438 g/mol. The molecule has 1 heterocycles. The van der Waals surface area contributed by atoms with Crippen LogP contribution in [0.2, 0.25) is 0 Å². The lowest BCUT2D eigenvalue weighted by atomic mass is 9.55. The van der Waals surface area contributed by atoms with Crippen molar-refractivity contribution in [2.45, 2.75) is 74.6 Å². The van der Waals surface area contributed by atoms with Crippen molar-refractivity contribution in [1.29, 1.82) is 0 Å². The first-order valence-electron chi connectivity index (χ1n) is 11.8. The second-order valence-electron chi connectivity index (χ2n) is 9.87. The second-order valence-corrected chi connectivity index (χ2v) is 11.7. The third-order valence-corrected chi connectivity index (χ3v) is 9.80. The molecule has 33 heavy (non-hydrogen) atoms. The number of rotatable bonds is 4. The Hall–Kier alpha value is -2.06. The van der Waals surface area contributed by atoms with Crippen LogP contribution in [0.5, 0.6) is 0 Å². The lowest BCUT2D eigenvalue weighted by Gasteiger charge is -2.56. The number of aryl methyl sites for hydroxylation is 1. The van der Waals surface area contributed by atoms with Gasteiger partial charge >= 0.3 is 0 Å². The lowest BCUT2D eigenvalue weighted by molar-refractivity contribution is -0.208. The number of hydrogen-bond donors (Lipinski definition) is 1. The third kappa shape index (κ3) is 3.66. The van der Waals surface area contributed by atoms with Crippen LogP contribution >= 0.6 is 0 Å². The average molecular weight is 470 g/mol. The number of sulfonamides is 1. The molecule has 1 saturated heterocycles. The number of benzene rings is 2. The number of ether oxygens (including phenoxy) is 1. The first kappa shape index (κ1) is 22.7. The maximum atomic E-state index is 14.1. The molecule has 6 nitrogen and oxygen atoms in total. The smallest absolute Gasteiger partial charge is 0.245 e. The second kappa shape index (κ2) is 8.31. The molecule has 0 unspecified atom stereocenters. The number of carbonyl (C=O) groups is 1. The largest absolute Gasteiger partial charge is 0.389 e. The van der Waals surface area contributed by atoms with Crippen LogP contribution in [0.4, 0.5) is 0 Å². The van der Waals surface area contributed by atoms with E-state index in [1.54, 1.807) is 24.3 Å². The molecular formula is C26H31NO5S. The van der Waals surface area contributed by atoms with E-state index in [2.05, 4.69) is 0 Å². The first-order chi connectivity index (χ1) is 15.8. The van der Waals surface area contributed by atoms with Crippen molar-refractivity contribution in [1.82, 2.24) is 4.31 Å². The van der Waals surface area contributed by atoms with Crippen LogP contribution < -0.4 is 0 Å². The van der Waals surface area contributed by atoms with E-state index in [0.29, 0.717) is 25.7 Å². The molecule has 0 amide bonds. The van der Waals surface area contributed by atoms with E-state index in [1.165, 1.54) is 4.31 Å². The summed E-state index contributed by atoms with van der Waals surface area (Å²) in [4.78, 5) is 12.6. The van der Waals surface area contributed by atoms with Crippen molar-refractivity contribution in [3.05, 3.63) is 65.7 Å². The van der Waals surface area contributed by atoms with E-state index < -0.39 is 33.3 Å². The van der Waals surface area contributed by atoms with Gasteiger partial charge in [-0.1, -0.05) is 60.9 Å². The molecule has 2 aliphatic carbocycles. The van der Waals surface area contributed by atoms with Gasteiger partial charge in [0, 0.05) is 18.3 Å². The standard InChI is InChI=1S/C26H31NO5S/c1-19-9-11-22(12-10-19)33(30,31)27-23(20-7-3-2-4-8-20)18-32-24(27)25-14-5-6-15-26(25,29)17-21(28)13-16-25/h2-4,7-12,23-24,29H,5-6,13-18H2,1H3/t23-,24+,25+,26+/m0/s1. The van der Waals surface area contributed by atoms with Crippen LogP contribution in [0.3, 0.4) is 0 Å². The monoisotopic (exact) mass is 469 g/mol. The normalized spacial score (nSPS) is 33.1. The number of Topliss-reactive ketones (excluding diaryl/α,β-unsaturated/α-hetero) is 1. The van der Waals surface area contributed by atoms with Crippen LogP contribution in [0, 0.1) is 12.3 Å². The number of aliphatic hydroxyl groups is 1. The Kier molecular flexibility index (Phi) is 5.72. The maximum Gasteiger partial charge on any atom is 0.245 e. The fraction of sp³-hybridized carbons (Fsp3) is 0.500. The quantitative estimate of drug-likeness (QED) is 0.728. The molecule has 3 aliphatic rings. The van der Waals surface area contributed by atoms with Crippen molar-refractivity contribution in [2.24, 2.45) is 5.41 Å². The fourth-order valence-corrected chi connectivity index (χ4v) is 7.91.